The fourth-order valence-electron chi connectivity index (χ4n) is 2.09. The minimum atomic E-state index is -2.97. The van der Waals surface area contributed by atoms with E-state index in [1.54, 1.807) is 4.90 Å². The number of carbonyl (C=O) groups is 1. The summed E-state index contributed by atoms with van der Waals surface area (Å²) in [4.78, 5) is 13.5. The van der Waals surface area contributed by atoms with Crippen molar-refractivity contribution in [2.24, 2.45) is 0 Å². The molecule has 0 saturated carbocycles. The first kappa shape index (κ1) is 13.8. The molecule has 6 nitrogen and oxygen atoms in total. The van der Waals surface area contributed by atoms with Crippen molar-refractivity contribution in [3.63, 3.8) is 0 Å². The van der Waals surface area contributed by atoms with Gasteiger partial charge in [0, 0.05) is 26.2 Å². The van der Waals surface area contributed by atoms with Crippen LogP contribution < -0.4 is 5.32 Å². The number of hydrogen-bond donors (Lipinski definition) is 1. The number of hydrogen-bond acceptors (Lipinski definition) is 5. The van der Waals surface area contributed by atoms with Crippen LogP contribution in [0, 0.1) is 0 Å². The predicted octanol–water partition coefficient (Wildman–Crippen LogP) is -0.988. The Kier molecular flexibility index (Phi) is 3.93. The molecular formula is C11H20N2O4S. The van der Waals surface area contributed by atoms with Crippen LogP contribution in [0.2, 0.25) is 0 Å². The first-order valence-electron chi connectivity index (χ1n) is 6.23. The summed E-state index contributed by atoms with van der Waals surface area (Å²) in [5, 5.41) is 3.10. The van der Waals surface area contributed by atoms with Gasteiger partial charge in [-0.05, 0) is 13.3 Å². The van der Waals surface area contributed by atoms with Gasteiger partial charge in [-0.15, -0.1) is 0 Å². The van der Waals surface area contributed by atoms with E-state index in [1.165, 1.54) is 0 Å². The van der Waals surface area contributed by atoms with Crippen LogP contribution in [0.15, 0.2) is 0 Å². The number of sulfone groups is 1. The fraction of sp³-hybridized carbons (Fsp3) is 0.909. The number of carbonyl (C=O) groups excluding carboxylic acids is 1. The molecule has 0 aromatic rings. The van der Waals surface area contributed by atoms with Gasteiger partial charge in [0.15, 0.2) is 9.84 Å². The molecule has 0 unspecified atom stereocenters. The van der Waals surface area contributed by atoms with Crippen molar-refractivity contribution in [3.8, 4) is 0 Å². The van der Waals surface area contributed by atoms with Gasteiger partial charge in [-0.2, -0.15) is 0 Å². The average molecular weight is 276 g/mol. The average Bonchev–Trinajstić information content (AvgIpc) is 2.44. The molecule has 2 aliphatic heterocycles. The van der Waals surface area contributed by atoms with Gasteiger partial charge in [-0.3, -0.25) is 4.79 Å². The zero-order valence-electron chi connectivity index (χ0n) is 10.6. The van der Waals surface area contributed by atoms with E-state index >= 15 is 0 Å². The van der Waals surface area contributed by atoms with Crippen molar-refractivity contribution in [3.05, 3.63) is 0 Å². The van der Waals surface area contributed by atoms with Gasteiger partial charge in [0.1, 0.15) is 6.61 Å². The highest BCUT2D eigenvalue weighted by Gasteiger charge is 2.33. The topological polar surface area (TPSA) is 75.7 Å². The lowest BCUT2D eigenvalue weighted by atomic mass is 10.0. The minimum absolute atomic E-state index is 0.0399. The van der Waals surface area contributed by atoms with Gasteiger partial charge in [0.2, 0.25) is 5.91 Å². The maximum atomic E-state index is 11.9. The molecule has 2 rings (SSSR count). The lowest BCUT2D eigenvalue weighted by Crippen LogP contribution is -2.59. The summed E-state index contributed by atoms with van der Waals surface area (Å²) in [5.41, 5.74) is -0.242. The second-order valence-corrected chi connectivity index (χ2v) is 7.53. The monoisotopic (exact) mass is 276 g/mol. The summed E-state index contributed by atoms with van der Waals surface area (Å²) < 4.78 is 28.4. The lowest BCUT2D eigenvalue weighted by molar-refractivity contribution is -0.145. The van der Waals surface area contributed by atoms with Crippen molar-refractivity contribution in [1.82, 2.24) is 10.2 Å². The highest BCUT2D eigenvalue weighted by atomic mass is 32.2. The molecule has 7 heteroatoms. The Balaban J connectivity index is 1.81. The van der Waals surface area contributed by atoms with E-state index in [0.29, 0.717) is 19.5 Å². The number of amides is 1. The molecule has 0 spiro atoms. The van der Waals surface area contributed by atoms with Gasteiger partial charge in [0.25, 0.3) is 0 Å². The molecule has 2 saturated heterocycles. The van der Waals surface area contributed by atoms with Crippen LogP contribution in [0.1, 0.15) is 13.3 Å². The third kappa shape index (κ3) is 3.43. The standard InChI is InChI=1S/C11H20N2O4S/c1-11(8-12-9-11)17-7-10(14)13-3-2-5-18(15,16)6-4-13/h12H,2-9H2,1H3. The summed E-state index contributed by atoms with van der Waals surface area (Å²) in [6, 6.07) is 0. The molecule has 1 N–H and O–H groups in total. The van der Waals surface area contributed by atoms with Crippen LogP contribution in [0.4, 0.5) is 0 Å². The molecule has 104 valence electrons. The highest BCUT2D eigenvalue weighted by Crippen LogP contribution is 2.15. The largest absolute Gasteiger partial charge is 0.363 e. The molecule has 2 heterocycles. The Labute approximate surface area is 108 Å². The van der Waals surface area contributed by atoms with E-state index in [0.717, 1.165) is 13.1 Å². The molecule has 0 aliphatic carbocycles. The highest BCUT2D eigenvalue weighted by molar-refractivity contribution is 7.91. The van der Waals surface area contributed by atoms with Gasteiger partial charge in [0.05, 0.1) is 17.1 Å². The molecule has 0 bridgehead atoms. The minimum Gasteiger partial charge on any atom is -0.363 e. The van der Waals surface area contributed by atoms with E-state index in [1.807, 2.05) is 6.92 Å². The Hall–Kier alpha value is -0.660. The Morgan fingerprint density at radius 2 is 2.06 bits per heavy atom. The van der Waals surface area contributed by atoms with Gasteiger partial charge >= 0.3 is 0 Å². The number of nitrogens with one attached hydrogen (secondary N) is 1. The predicted molar refractivity (Wildman–Crippen MR) is 67.1 cm³/mol. The molecule has 2 fully saturated rings. The molecular weight excluding hydrogens is 256 g/mol. The quantitative estimate of drug-likeness (QED) is 0.716. The molecule has 18 heavy (non-hydrogen) atoms. The Morgan fingerprint density at radius 1 is 1.33 bits per heavy atom. The summed E-state index contributed by atoms with van der Waals surface area (Å²) in [5.74, 6) is 0.136. The molecule has 0 aromatic carbocycles. The van der Waals surface area contributed by atoms with Crippen molar-refractivity contribution < 1.29 is 17.9 Å². The van der Waals surface area contributed by atoms with Crippen LogP contribution in [-0.2, 0) is 19.4 Å². The second-order valence-electron chi connectivity index (χ2n) is 5.23. The van der Waals surface area contributed by atoms with Crippen molar-refractivity contribution in [2.45, 2.75) is 18.9 Å². The summed E-state index contributed by atoms with van der Waals surface area (Å²) >= 11 is 0. The van der Waals surface area contributed by atoms with E-state index < -0.39 is 9.84 Å². The van der Waals surface area contributed by atoms with Gasteiger partial charge < -0.3 is 15.0 Å². The third-order valence-electron chi connectivity index (χ3n) is 3.45. The van der Waals surface area contributed by atoms with Crippen molar-refractivity contribution in [1.29, 1.82) is 0 Å². The summed E-state index contributed by atoms with van der Waals surface area (Å²) in [7, 11) is -2.97. The number of nitrogens with zero attached hydrogens (tertiary/aromatic N) is 1. The smallest absolute Gasteiger partial charge is 0.248 e. The maximum absolute atomic E-state index is 11.9. The van der Waals surface area contributed by atoms with Crippen LogP contribution in [0.3, 0.4) is 0 Å². The van der Waals surface area contributed by atoms with Crippen molar-refractivity contribution >= 4 is 15.7 Å². The van der Waals surface area contributed by atoms with Gasteiger partial charge in [-0.1, -0.05) is 0 Å². The number of rotatable bonds is 3. The van der Waals surface area contributed by atoms with Crippen LogP contribution >= 0.6 is 0 Å². The summed E-state index contributed by atoms with van der Waals surface area (Å²) in [6.45, 7) is 4.32. The second kappa shape index (κ2) is 5.14. The van der Waals surface area contributed by atoms with E-state index in [-0.39, 0.29) is 29.6 Å². The van der Waals surface area contributed by atoms with E-state index in [9.17, 15) is 13.2 Å². The van der Waals surface area contributed by atoms with E-state index in [2.05, 4.69) is 5.32 Å². The molecule has 0 aromatic heterocycles. The Morgan fingerprint density at radius 3 is 2.67 bits per heavy atom. The zero-order chi connectivity index (χ0) is 13.2. The van der Waals surface area contributed by atoms with Crippen LogP contribution in [0.25, 0.3) is 0 Å². The fourth-order valence-corrected chi connectivity index (χ4v) is 3.37. The molecule has 2 aliphatic rings. The van der Waals surface area contributed by atoms with Gasteiger partial charge in [-0.25, -0.2) is 8.42 Å². The number of ether oxygens (including phenoxy) is 1. The van der Waals surface area contributed by atoms with Crippen molar-refractivity contribution in [2.75, 3.05) is 44.3 Å². The summed E-state index contributed by atoms with van der Waals surface area (Å²) in [6.07, 6.45) is 0.521. The van der Waals surface area contributed by atoms with E-state index in [4.69, 9.17) is 4.74 Å². The SMILES string of the molecule is CC1(OCC(=O)N2CCCS(=O)(=O)CC2)CNC1. The first-order valence-corrected chi connectivity index (χ1v) is 8.05. The molecule has 0 atom stereocenters. The normalized spacial score (nSPS) is 26.2. The first-order chi connectivity index (χ1) is 8.40. The van der Waals surface area contributed by atoms with Crippen LogP contribution in [-0.4, -0.2) is 69.1 Å². The third-order valence-corrected chi connectivity index (χ3v) is 5.17. The maximum Gasteiger partial charge on any atom is 0.248 e. The molecule has 0 radical (unpaired) electrons. The van der Waals surface area contributed by atoms with Crippen LogP contribution in [0.5, 0.6) is 0 Å². The zero-order valence-corrected chi connectivity index (χ0v) is 11.5. The molecule has 1 amide bonds. The lowest BCUT2D eigenvalue weighted by Gasteiger charge is -2.39. The Bertz CT molecular complexity index is 417.